The molecule has 0 aromatic rings. The fourth-order valence-electron chi connectivity index (χ4n) is 6.95. The third kappa shape index (κ3) is 28.6. The molecule has 1 aliphatic heterocycles. The highest BCUT2D eigenvalue weighted by Crippen LogP contribution is 2.23. The topological polar surface area (TPSA) is 158 Å². The van der Waals surface area contributed by atoms with E-state index in [0.29, 0.717) is 12.8 Å². The SMILES string of the molecule is CCCCCCCCC=CCCCCCCCCC(=O)OCC(OC(=O)CCCCCCCCC=CCCCCCCCC)O[C@@H]1OC(CO)[C@@H](O)C(O)C1N. The van der Waals surface area contributed by atoms with Crippen LogP contribution < -0.4 is 5.73 Å². The third-order valence-electron chi connectivity index (χ3n) is 10.6. The molecule has 0 bridgehead atoms. The van der Waals surface area contributed by atoms with Gasteiger partial charge in [0.2, 0.25) is 6.29 Å². The second kappa shape index (κ2) is 37.5. The van der Waals surface area contributed by atoms with Crippen molar-refractivity contribution in [3.63, 3.8) is 0 Å². The van der Waals surface area contributed by atoms with Crippen molar-refractivity contribution in [2.45, 2.75) is 243 Å². The average molecular weight is 796 g/mol. The molecule has 1 fully saturated rings. The molecule has 1 heterocycles. The summed E-state index contributed by atoms with van der Waals surface area (Å²) in [6.07, 6.45) is 36.0. The molecule has 0 radical (unpaired) electrons. The van der Waals surface area contributed by atoms with Gasteiger partial charge >= 0.3 is 11.9 Å². The summed E-state index contributed by atoms with van der Waals surface area (Å²) in [5.41, 5.74) is 6.04. The first-order chi connectivity index (χ1) is 27.3. The van der Waals surface area contributed by atoms with Crippen molar-refractivity contribution in [2.24, 2.45) is 5.73 Å². The molecule has 6 atom stereocenters. The number of carbonyl (C=O) groups excluding carboxylic acids is 2. The molecular weight excluding hydrogens is 711 g/mol. The van der Waals surface area contributed by atoms with Gasteiger partial charge in [-0.15, -0.1) is 0 Å². The number of ether oxygens (including phenoxy) is 4. The van der Waals surface area contributed by atoms with E-state index in [0.717, 1.165) is 51.4 Å². The van der Waals surface area contributed by atoms with E-state index in [-0.39, 0.29) is 19.4 Å². The average Bonchev–Trinajstić information content (AvgIpc) is 3.19. The number of unbranched alkanes of at least 4 members (excludes halogenated alkanes) is 24. The van der Waals surface area contributed by atoms with Gasteiger partial charge < -0.3 is 40.0 Å². The van der Waals surface area contributed by atoms with Gasteiger partial charge in [0.15, 0.2) is 12.9 Å². The summed E-state index contributed by atoms with van der Waals surface area (Å²) in [5, 5.41) is 30.1. The lowest BCUT2D eigenvalue weighted by atomic mass is 9.98. The van der Waals surface area contributed by atoms with E-state index in [1.54, 1.807) is 0 Å². The van der Waals surface area contributed by atoms with Gasteiger partial charge in [-0.3, -0.25) is 9.59 Å². The molecule has 1 aliphatic rings. The number of esters is 2. The molecule has 4 unspecified atom stereocenters. The molecule has 56 heavy (non-hydrogen) atoms. The van der Waals surface area contributed by atoms with E-state index >= 15 is 0 Å². The van der Waals surface area contributed by atoms with Gasteiger partial charge in [0.05, 0.1) is 12.6 Å². The van der Waals surface area contributed by atoms with E-state index < -0.39 is 55.5 Å². The quantitative estimate of drug-likeness (QED) is 0.0205. The first-order valence-electron chi connectivity index (χ1n) is 23.0. The Labute approximate surface area is 341 Å². The van der Waals surface area contributed by atoms with Gasteiger partial charge in [-0.2, -0.15) is 0 Å². The van der Waals surface area contributed by atoms with E-state index in [1.165, 1.54) is 116 Å². The van der Waals surface area contributed by atoms with E-state index in [2.05, 4.69) is 38.2 Å². The summed E-state index contributed by atoms with van der Waals surface area (Å²) >= 11 is 0. The lowest BCUT2D eigenvalue weighted by Gasteiger charge is -2.41. The maximum absolute atomic E-state index is 12.8. The zero-order chi connectivity index (χ0) is 40.9. The van der Waals surface area contributed by atoms with Crippen molar-refractivity contribution in [1.82, 2.24) is 0 Å². The molecule has 0 aliphatic carbocycles. The number of rotatable bonds is 38. The summed E-state index contributed by atoms with van der Waals surface area (Å²) in [6, 6.07) is -1.18. The van der Waals surface area contributed by atoms with Crippen molar-refractivity contribution < 1.29 is 43.9 Å². The largest absolute Gasteiger partial charge is 0.459 e. The predicted octanol–water partition coefficient (Wildman–Crippen LogP) is 10.0. The molecule has 0 aromatic heterocycles. The Morgan fingerprint density at radius 3 is 1.41 bits per heavy atom. The number of aliphatic hydroxyl groups is 3. The van der Waals surface area contributed by atoms with Crippen LogP contribution in [0.3, 0.4) is 0 Å². The van der Waals surface area contributed by atoms with Crippen molar-refractivity contribution in [3.8, 4) is 0 Å². The summed E-state index contributed by atoms with van der Waals surface area (Å²) in [7, 11) is 0. The molecule has 328 valence electrons. The highest BCUT2D eigenvalue weighted by atomic mass is 16.8. The van der Waals surface area contributed by atoms with Gasteiger partial charge in [0.25, 0.3) is 0 Å². The summed E-state index contributed by atoms with van der Waals surface area (Å²) < 4.78 is 22.3. The molecule has 0 spiro atoms. The number of aliphatic hydroxyl groups excluding tert-OH is 3. The number of nitrogens with two attached hydrogens (primary N) is 1. The summed E-state index contributed by atoms with van der Waals surface area (Å²) in [4.78, 5) is 25.4. The lowest BCUT2D eigenvalue weighted by Crippen LogP contribution is -2.63. The standard InChI is InChI=1S/C46H85NO9/c1-3-5-7-9-11-13-15-17-19-21-23-25-27-29-31-33-35-40(49)53-38-42(56-46-43(47)45(52)44(51)39(37-48)54-46)55-41(50)36-34-32-30-28-26-24-22-20-18-16-14-12-10-8-6-4-2/h17-20,39,42-46,48,51-52H,3-16,21-38,47H2,1-2H3/t39?,42?,43?,44-,45?,46+/m1/s1. The molecule has 0 aromatic carbocycles. The van der Waals surface area contributed by atoms with Crippen molar-refractivity contribution in [3.05, 3.63) is 24.3 Å². The molecular formula is C46H85NO9. The van der Waals surface area contributed by atoms with Crippen LogP contribution in [0.4, 0.5) is 0 Å². The minimum atomic E-state index is -1.43. The molecule has 10 nitrogen and oxygen atoms in total. The van der Waals surface area contributed by atoms with Crippen molar-refractivity contribution >= 4 is 11.9 Å². The Hall–Kier alpha value is -1.82. The molecule has 5 N–H and O–H groups in total. The minimum absolute atomic E-state index is 0.183. The Morgan fingerprint density at radius 1 is 0.589 bits per heavy atom. The first-order valence-corrected chi connectivity index (χ1v) is 23.0. The van der Waals surface area contributed by atoms with Crippen LogP contribution in [0.15, 0.2) is 24.3 Å². The Balaban J connectivity index is 2.32. The Kier molecular flexibility index (Phi) is 34.9. The number of allylic oxidation sites excluding steroid dienone is 4. The maximum atomic E-state index is 12.8. The van der Waals surface area contributed by atoms with E-state index in [4.69, 9.17) is 24.7 Å². The van der Waals surface area contributed by atoms with Crippen LogP contribution in [-0.2, 0) is 28.5 Å². The fraction of sp³-hybridized carbons (Fsp3) is 0.870. The van der Waals surface area contributed by atoms with Crippen LogP contribution in [0.25, 0.3) is 0 Å². The smallest absolute Gasteiger partial charge is 0.308 e. The second-order valence-electron chi connectivity index (χ2n) is 15.9. The summed E-state index contributed by atoms with van der Waals surface area (Å²) in [5.74, 6) is -0.922. The highest BCUT2D eigenvalue weighted by Gasteiger charge is 2.44. The zero-order valence-corrected chi connectivity index (χ0v) is 35.8. The van der Waals surface area contributed by atoms with E-state index in [9.17, 15) is 24.9 Å². The minimum Gasteiger partial charge on any atom is -0.459 e. The van der Waals surface area contributed by atoms with Crippen LogP contribution >= 0.6 is 0 Å². The normalized spacial score (nSPS) is 20.6. The van der Waals surface area contributed by atoms with Crippen LogP contribution in [0.2, 0.25) is 0 Å². The number of carbonyl (C=O) groups is 2. The first kappa shape index (κ1) is 52.2. The summed E-state index contributed by atoms with van der Waals surface area (Å²) in [6.45, 7) is 3.57. The number of hydrogen-bond acceptors (Lipinski definition) is 10. The fourth-order valence-corrected chi connectivity index (χ4v) is 6.95. The molecule has 10 heteroatoms. The molecule has 1 saturated heterocycles. The second-order valence-corrected chi connectivity index (χ2v) is 15.9. The van der Waals surface area contributed by atoms with Gasteiger partial charge in [-0.05, 0) is 64.2 Å². The van der Waals surface area contributed by atoms with Gasteiger partial charge in [0.1, 0.15) is 18.3 Å². The van der Waals surface area contributed by atoms with Crippen LogP contribution in [0, 0.1) is 0 Å². The Morgan fingerprint density at radius 2 is 0.982 bits per heavy atom. The van der Waals surface area contributed by atoms with Crippen molar-refractivity contribution in [2.75, 3.05) is 13.2 Å². The Bertz CT molecular complexity index is 974. The molecule has 1 rings (SSSR count). The van der Waals surface area contributed by atoms with Gasteiger partial charge in [0, 0.05) is 12.8 Å². The van der Waals surface area contributed by atoms with Crippen LogP contribution in [0.5, 0.6) is 0 Å². The molecule has 0 saturated carbocycles. The number of hydrogen-bond donors (Lipinski definition) is 4. The van der Waals surface area contributed by atoms with Crippen LogP contribution in [-0.4, -0.2) is 77.4 Å². The lowest BCUT2D eigenvalue weighted by molar-refractivity contribution is -0.309. The molecule has 0 amide bonds. The maximum Gasteiger partial charge on any atom is 0.308 e. The zero-order valence-electron chi connectivity index (χ0n) is 35.8. The third-order valence-corrected chi connectivity index (χ3v) is 10.6. The van der Waals surface area contributed by atoms with Gasteiger partial charge in [-0.1, -0.05) is 154 Å². The van der Waals surface area contributed by atoms with E-state index in [1.807, 2.05) is 0 Å². The van der Waals surface area contributed by atoms with Crippen molar-refractivity contribution in [1.29, 1.82) is 0 Å². The van der Waals surface area contributed by atoms with Crippen LogP contribution in [0.1, 0.15) is 206 Å². The monoisotopic (exact) mass is 796 g/mol. The highest BCUT2D eigenvalue weighted by molar-refractivity contribution is 5.70. The predicted molar refractivity (Wildman–Crippen MR) is 226 cm³/mol. The van der Waals surface area contributed by atoms with Gasteiger partial charge in [-0.25, -0.2) is 0 Å².